The highest BCUT2D eigenvalue weighted by Gasteiger charge is 2.45. The van der Waals surface area contributed by atoms with Crippen LogP contribution in [0.15, 0.2) is 48.5 Å². The molecule has 12 heteroatoms. The van der Waals surface area contributed by atoms with E-state index in [1.54, 1.807) is 30.3 Å². The van der Waals surface area contributed by atoms with E-state index in [1.807, 2.05) is 0 Å². The maximum absolute atomic E-state index is 15.8. The molecule has 3 aromatic rings. The number of fused-ring (bicyclic) bond motifs is 1. The van der Waals surface area contributed by atoms with Crippen molar-refractivity contribution in [2.75, 3.05) is 13.2 Å². The van der Waals surface area contributed by atoms with Gasteiger partial charge < -0.3 is 25.6 Å². The molecule has 0 spiro atoms. The second kappa shape index (κ2) is 11.7. The van der Waals surface area contributed by atoms with E-state index in [9.17, 15) is 23.1 Å². The summed E-state index contributed by atoms with van der Waals surface area (Å²) in [6.45, 7) is -4.02. The van der Waals surface area contributed by atoms with Crippen molar-refractivity contribution in [2.24, 2.45) is 5.73 Å². The molecule has 2 aliphatic rings. The van der Waals surface area contributed by atoms with Gasteiger partial charge in [-0.15, -0.1) is 0 Å². The molecule has 0 bridgehead atoms. The van der Waals surface area contributed by atoms with Gasteiger partial charge in [-0.05, 0) is 43.4 Å². The van der Waals surface area contributed by atoms with E-state index in [0.29, 0.717) is 18.4 Å². The normalized spacial score (nSPS) is 23.5. The zero-order valence-electron chi connectivity index (χ0n) is 22.2. The highest BCUT2D eigenvalue weighted by Crippen LogP contribution is 2.50. The predicted octanol–water partition coefficient (Wildman–Crippen LogP) is 6.05. The van der Waals surface area contributed by atoms with E-state index >= 15 is 8.78 Å². The van der Waals surface area contributed by atoms with Gasteiger partial charge in [0.25, 0.3) is 0 Å². The number of aliphatic hydroxyl groups is 1. The maximum Gasteiger partial charge on any atom is 0.387 e. The third-order valence-corrected chi connectivity index (χ3v) is 8.40. The Bertz CT molecular complexity index is 1480. The van der Waals surface area contributed by atoms with Gasteiger partial charge in [0.1, 0.15) is 18.2 Å². The number of rotatable bonds is 9. The Morgan fingerprint density at radius 3 is 2.45 bits per heavy atom. The first-order valence-corrected chi connectivity index (χ1v) is 13.7. The molecule has 1 atom stereocenters. The van der Waals surface area contributed by atoms with Gasteiger partial charge in [0.15, 0.2) is 17.2 Å². The molecule has 5 rings (SSSR count). The van der Waals surface area contributed by atoms with Crippen LogP contribution < -0.4 is 20.5 Å². The molecule has 3 aromatic carbocycles. The molecule has 224 valence electrons. The lowest BCUT2D eigenvalue weighted by atomic mass is 9.82. The molecule has 42 heavy (non-hydrogen) atoms. The Morgan fingerprint density at radius 1 is 1.14 bits per heavy atom. The van der Waals surface area contributed by atoms with Crippen LogP contribution in [0.4, 0.5) is 22.0 Å². The molecule has 1 aliphatic carbocycles. The van der Waals surface area contributed by atoms with Crippen molar-refractivity contribution >= 4 is 17.5 Å². The van der Waals surface area contributed by atoms with Crippen molar-refractivity contribution in [3.05, 3.63) is 81.9 Å². The maximum atomic E-state index is 15.8. The number of nitrogens with one attached hydrogen (secondary N) is 1. The molecule has 6 nitrogen and oxygen atoms in total. The first-order chi connectivity index (χ1) is 20.0. The van der Waals surface area contributed by atoms with Gasteiger partial charge in [-0.3, -0.25) is 4.79 Å². The summed E-state index contributed by atoms with van der Waals surface area (Å²) in [7, 11) is 0. The molecule has 4 N–H and O–H groups in total. The van der Waals surface area contributed by atoms with E-state index < -0.39 is 63.9 Å². The number of hydrogen-bond donors (Lipinski definition) is 3. The van der Waals surface area contributed by atoms with Crippen LogP contribution in [0.2, 0.25) is 5.02 Å². The van der Waals surface area contributed by atoms with Crippen molar-refractivity contribution in [2.45, 2.75) is 56.0 Å². The Labute approximate surface area is 243 Å². The number of carbonyl (C=O) groups is 1. The quantitative estimate of drug-likeness (QED) is 0.257. The summed E-state index contributed by atoms with van der Waals surface area (Å²) in [5.74, 6) is -4.31. The molecule has 0 saturated heterocycles. The summed E-state index contributed by atoms with van der Waals surface area (Å²) in [4.78, 5) is 12.3. The van der Waals surface area contributed by atoms with Crippen LogP contribution in [-0.2, 0) is 12.0 Å². The number of hydrogen-bond acceptors (Lipinski definition) is 5. The number of nitrogens with two attached hydrogens (primary N) is 1. The van der Waals surface area contributed by atoms with E-state index in [0.717, 1.165) is 18.2 Å². The van der Waals surface area contributed by atoms with E-state index in [4.69, 9.17) is 22.1 Å². The highest BCUT2D eigenvalue weighted by atomic mass is 35.5. The van der Waals surface area contributed by atoms with Crippen LogP contribution in [0, 0.1) is 11.6 Å². The van der Waals surface area contributed by atoms with Crippen molar-refractivity contribution in [3.8, 4) is 22.6 Å². The standard InChI is InChI=1S/C30H28ClF5N2O4/c31-25-20(33)12-22-19(23(25)24-18(27(37)39)6-7-21(26(24)34)41-28(35)36)13-30(42-22,16-4-2-1-3-5-16)15-38-17-8-10-29(40,14-32)11-9-17/h1-7,12,17,28,38,40H,8-11,13-15H2,(H2,37,39)/t17?,29?,30-/m1/s1. The number of ether oxygens (including phenoxy) is 2. The summed E-state index contributed by atoms with van der Waals surface area (Å²) in [5.41, 5.74) is 2.65. The summed E-state index contributed by atoms with van der Waals surface area (Å²) in [5, 5.41) is 13.1. The van der Waals surface area contributed by atoms with Gasteiger partial charge in [0, 0.05) is 41.8 Å². The van der Waals surface area contributed by atoms with E-state index in [2.05, 4.69) is 10.1 Å². The first kappa shape index (κ1) is 30.1. The molecule has 1 amide bonds. The SMILES string of the molecule is NC(=O)c1ccc(OC(F)F)c(F)c1-c1c(Cl)c(F)cc2c1C[C@@](CNC1CCC(O)(CF)CC1)(c1ccccc1)O2. The van der Waals surface area contributed by atoms with Gasteiger partial charge in [0.2, 0.25) is 5.91 Å². The molecule has 1 saturated carbocycles. The second-order valence-corrected chi connectivity index (χ2v) is 11.1. The van der Waals surface area contributed by atoms with Crippen LogP contribution in [0.1, 0.15) is 47.2 Å². The molecular formula is C30H28ClF5N2O4. The summed E-state index contributed by atoms with van der Waals surface area (Å²) in [6.07, 6.45) is 1.59. The number of halogens is 6. The zero-order valence-corrected chi connectivity index (χ0v) is 23.0. The minimum atomic E-state index is -3.37. The van der Waals surface area contributed by atoms with Crippen molar-refractivity contribution in [1.29, 1.82) is 0 Å². The van der Waals surface area contributed by atoms with Crippen molar-refractivity contribution in [3.63, 3.8) is 0 Å². The predicted molar refractivity (Wildman–Crippen MR) is 146 cm³/mol. The van der Waals surface area contributed by atoms with Gasteiger partial charge >= 0.3 is 6.61 Å². The molecule has 1 fully saturated rings. The number of carbonyl (C=O) groups excluding carboxylic acids is 1. The monoisotopic (exact) mass is 610 g/mol. The average Bonchev–Trinajstić information content (AvgIpc) is 3.34. The fourth-order valence-electron chi connectivity index (χ4n) is 5.80. The molecule has 1 heterocycles. The molecule has 1 aliphatic heterocycles. The summed E-state index contributed by atoms with van der Waals surface area (Å²) in [6, 6.07) is 11.8. The molecule has 0 unspecified atom stereocenters. The van der Waals surface area contributed by atoms with E-state index in [1.165, 1.54) is 0 Å². The lowest BCUT2D eigenvalue weighted by Gasteiger charge is -2.37. The number of amides is 1. The topological polar surface area (TPSA) is 93.8 Å². The average molecular weight is 611 g/mol. The van der Waals surface area contributed by atoms with Gasteiger partial charge in [0.05, 0.1) is 16.2 Å². The zero-order chi connectivity index (χ0) is 30.2. The molecule has 0 aromatic heterocycles. The fraction of sp³-hybridized carbons (Fsp3) is 0.367. The summed E-state index contributed by atoms with van der Waals surface area (Å²) >= 11 is 6.39. The Kier molecular flexibility index (Phi) is 8.37. The van der Waals surface area contributed by atoms with Crippen molar-refractivity contribution < 1.29 is 41.3 Å². The lowest BCUT2D eigenvalue weighted by molar-refractivity contribution is -0.0521. The van der Waals surface area contributed by atoms with Crippen molar-refractivity contribution in [1.82, 2.24) is 5.32 Å². The molecular weight excluding hydrogens is 583 g/mol. The van der Waals surface area contributed by atoms with Gasteiger partial charge in [-0.2, -0.15) is 8.78 Å². The third kappa shape index (κ3) is 5.65. The Hall–Kier alpha value is -3.41. The van der Waals surface area contributed by atoms with Crippen LogP contribution in [0.5, 0.6) is 11.5 Å². The van der Waals surface area contributed by atoms with Crippen LogP contribution >= 0.6 is 11.6 Å². The van der Waals surface area contributed by atoms with Gasteiger partial charge in [-0.1, -0.05) is 41.9 Å². The third-order valence-electron chi connectivity index (χ3n) is 8.03. The largest absolute Gasteiger partial charge is 0.480 e. The smallest absolute Gasteiger partial charge is 0.387 e. The first-order valence-electron chi connectivity index (χ1n) is 13.3. The van der Waals surface area contributed by atoms with Gasteiger partial charge in [-0.25, -0.2) is 13.2 Å². The number of benzene rings is 3. The summed E-state index contributed by atoms with van der Waals surface area (Å²) < 4.78 is 81.0. The Morgan fingerprint density at radius 2 is 1.83 bits per heavy atom. The molecule has 0 radical (unpaired) electrons. The Balaban J connectivity index is 1.59. The van der Waals surface area contributed by atoms with E-state index in [-0.39, 0.29) is 48.7 Å². The number of primary amides is 1. The second-order valence-electron chi connectivity index (χ2n) is 10.7. The minimum absolute atomic E-state index is 0.0167. The van der Waals surface area contributed by atoms with Crippen LogP contribution in [-0.4, -0.2) is 42.5 Å². The van der Waals surface area contributed by atoms with Crippen LogP contribution in [0.25, 0.3) is 11.1 Å². The number of alkyl halides is 3. The lowest BCUT2D eigenvalue weighted by Crippen LogP contribution is -2.48. The highest BCUT2D eigenvalue weighted by molar-refractivity contribution is 6.34. The fourth-order valence-corrected chi connectivity index (χ4v) is 6.06. The minimum Gasteiger partial charge on any atom is -0.480 e. The van der Waals surface area contributed by atoms with Crippen LogP contribution in [0.3, 0.4) is 0 Å².